The summed E-state index contributed by atoms with van der Waals surface area (Å²) in [7, 11) is 0. The lowest BCUT2D eigenvalue weighted by atomic mass is 9.59. The molecule has 1 aromatic heterocycles. The lowest BCUT2D eigenvalue weighted by molar-refractivity contribution is -0.744. The molecular formula is C44H46N3S+. The zero-order valence-corrected chi connectivity index (χ0v) is 29.8. The number of fused-ring (bicyclic) bond motifs is 7. The number of para-hydroxylation sites is 5. The molecule has 8 rings (SSSR count). The molecule has 0 amide bonds. The molecule has 6 aromatic rings. The fourth-order valence-corrected chi connectivity index (χ4v) is 10.3. The molecule has 0 saturated carbocycles. The predicted octanol–water partition coefficient (Wildman–Crippen LogP) is 12.6. The van der Waals surface area contributed by atoms with E-state index in [2.05, 4.69) is 164 Å². The van der Waals surface area contributed by atoms with Crippen molar-refractivity contribution in [3.05, 3.63) is 126 Å². The van der Waals surface area contributed by atoms with E-state index in [-0.39, 0.29) is 11.0 Å². The summed E-state index contributed by atoms with van der Waals surface area (Å²) in [6.45, 7) is 12.0. The third kappa shape index (κ3) is 4.34. The molecule has 242 valence electrons. The predicted molar refractivity (Wildman–Crippen MR) is 205 cm³/mol. The van der Waals surface area contributed by atoms with Gasteiger partial charge in [0.1, 0.15) is 4.70 Å². The number of rotatable bonds is 8. The van der Waals surface area contributed by atoms with Crippen LogP contribution in [0.2, 0.25) is 0 Å². The van der Waals surface area contributed by atoms with Crippen molar-refractivity contribution in [2.24, 2.45) is 0 Å². The maximum Gasteiger partial charge on any atom is 0.270 e. The van der Waals surface area contributed by atoms with Crippen LogP contribution in [0.15, 0.2) is 115 Å². The lowest BCUT2D eigenvalue weighted by Gasteiger charge is -2.47. The molecular weight excluding hydrogens is 603 g/mol. The Hall–Kier alpha value is -4.41. The summed E-state index contributed by atoms with van der Waals surface area (Å²) < 4.78 is 4.11. The van der Waals surface area contributed by atoms with Crippen molar-refractivity contribution in [1.82, 2.24) is 0 Å². The van der Waals surface area contributed by atoms with Crippen molar-refractivity contribution >= 4 is 55.7 Å². The third-order valence-corrected chi connectivity index (χ3v) is 12.8. The van der Waals surface area contributed by atoms with Crippen LogP contribution < -0.4 is 14.4 Å². The van der Waals surface area contributed by atoms with Gasteiger partial charge in [0.25, 0.3) is 5.01 Å². The maximum atomic E-state index is 2.74. The highest BCUT2D eigenvalue weighted by atomic mass is 32.1. The van der Waals surface area contributed by atoms with Crippen LogP contribution in [-0.4, -0.2) is 0 Å². The number of thiazole rings is 1. The van der Waals surface area contributed by atoms with Crippen LogP contribution in [0.1, 0.15) is 77.8 Å². The van der Waals surface area contributed by atoms with Crippen molar-refractivity contribution in [3.63, 3.8) is 0 Å². The average molecular weight is 649 g/mol. The number of hydrogen-bond donors (Lipinski definition) is 0. The van der Waals surface area contributed by atoms with Gasteiger partial charge in [-0.3, -0.25) is 0 Å². The van der Waals surface area contributed by atoms with E-state index < -0.39 is 0 Å². The van der Waals surface area contributed by atoms with E-state index in [1.54, 1.807) is 0 Å². The number of anilines is 6. The number of nitrogens with zero attached hydrogens (tertiary/aromatic N) is 3. The molecule has 5 aromatic carbocycles. The first-order valence-corrected chi connectivity index (χ1v) is 18.8. The quantitative estimate of drug-likeness (QED) is 0.152. The van der Waals surface area contributed by atoms with Gasteiger partial charge in [-0.05, 0) is 91.9 Å². The number of unbranched alkanes of at least 4 members (excludes halogenated alkanes) is 1. The van der Waals surface area contributed by atoms with Gasteiger partial charge in [0.15, 0.2) is 5.54 Å². The fourth-order valence-electron chi connectivity index (χ4n) is 9.01. The first-order chi connectivity index (χ1) is 23.5. The number of aryl methyl sites for hydroxylation is 1. The van der Waals surface area contributed by atoms with Crippen LogP contribution >= 0.6 is 11.3 Å². The van der Waals surface area contributed by atoms with Crippen molar-refractivity contribution in [2.75, 3.05) is 9.80 Å². The van der Waals surface area contributed by atoms with E-state index in [0.29, 0.717) is 0 Å². The summed E-state index contributed by atoms with van der Waals surface area (Å²) in [5.74, 6) is 0. The summed E-state index contributed by atoms with van der Waals surface area (Å²) in [5.41, 5.74) is 12.8. The zero-order chi connectivity index (χ0) is 33.0. The van der Waals surface area contributed by atoms with Gasteiger partial charge >= 0.3 is 0 Å². The zero-order valence-electron chi connectivity index (χ0n) is 29.0. The van der Waals surface area contributed by atoms with Crippen LogP contribution in [0.4, 0.5) is 34.1 Å². The Morgan fingerprint density at radius 1 is 0.625 bits per heavy atom. The third-order valence-electron chi connectivity index (χ3n) is 11.6. The van der Waals surface area contributed by atoms with E-state index in [1.165, 1.54) is 78.9 Å². The minimum atomic E-state index is -0.0107. The van der Waals surface area contributed by atoms with E-state index in [4.69, 9.17) is 0 Å². The Labute approximate surface area is 290 Å². The van der Waals surface area contributed by atoms with Gasteiger partial charge in [-0.15, -0.1) is 0 Å². The van der Waals surface area contributed by atoms with E-state index in [0.717, 1.165) is 25.7 Å². The summed E-state index contributed by atoms with van der Waals surface area (Å²) in [6.07, 6.45) is 6.78. The average Bonchev–Trinajstić information content (AvgIpc) is 3.53. The maximum absolute atomic E-state index is 2.74. The standard InChI is InChI=1S/C44H46N3S/c1-6-10-18-31-19-17-20-32(29-31)45-36-21-11-13-23-38(36)46(39-24-14-12-22-37(39)45)33-27-28-35-34(30-33)42-47(40-25-15-16-26-41(40)48-42)44(8-3,9-4)43(35,5)7-2/h11-17,19-30H,6-10,18H2,1-5H3/q+1. The molecule has 0 saturated heterocycles. The molecule has 2 aliphatic heterocycles. The Morgan fingerprint density at radius 2 is 1.23 bits per heavy atom. The van der Waals surface area contributed by atoms with Gasteiger partial charge in [-0.1, -0.05) is 100 Å². The molecule has 4 heteroatoms. The van der Waals surface area contributed by atoms with E-state index in [1.807, 2.05) is 11.3 Å². The first-order valence-electron chi connectivity index (χ1n) is 18.0. The van der Waals surface area contributed by atoms with Gasteiger partial charge in [0.05, 0.1) is 33.7 Å². The molecule has 0 bridgehead atoms. The molecule has 3 heterocycles. The van der Waals surface area contributed by atoms with E-state index in [9.17, 15) is 0 Å². The molecule has 2 aliphatic rings. The minimum absolute atomic E-state index is 0.00168. The topological polar surface area (TPSA) is 10.4 Å². The molecule has 1 atom stereocenters. The van der Waals surface area contributed by atoms with Gasteiger partial charge in [0, 0.05) is 30.3 Å². The van der Waals surface area contributed by atoms with Crippen LogP contribution in [0.3, 0.4) is 0 Å². The molecule has 48 heavy (non-hydrogen) atoms. The normalized spacial score (nSPS) is 17.5. The van der Waals surface area contributed by atoms with Crippen LogP contribution in [-0.2, 0) is 17.4 Å². The van der Waals surface area contributed by atoms with Crippen molar-refractivity contribution in [2.45, 2.75) is 84.1 Å². The van der Waals surface area contributed by atoms with Crippen LogP contribution in [0.5, 0.6) is 0 Å². The summed E-state index contributed by atoms with van der Waals surface area (Å²) >= 11 is 1.95. The second-order valence-electron chi connectivity index (χ2n) is 13.8. The number of aromatic nitrogens is 1. The molecule has 0 aliphatic carbocycles. The Kier molecular flexibility index (Phi) is 7.68. The molecule has 3 nitrogen and oxygen atoms in total. The molecule has 0 N–H and O–H groups in total. The highest BCUT2D eigenvalue weighted by Gasteiger charge is 2.60. The Morgan fingerprint density at radius 3 is 1.83 bits per heavy atom. The lowest BCUT2D eigenvalue weighted by Crippen LogP contribution is -2.68. The van der Waals surface area contributed by atoms with E-state index >= 15 is 0 Å². The van der Waals surface area contributed by atoms with Crippen molar-refractivity contribution in [3.8, 4) is 10.6 Å². The molecule has 0 fully saturated rings. The largest absolute Gasteiger partial charge is 0.306 e. The summed E-state index contributed by atoms with van der Waals surface area (Å²) in [4.78, 5) is 4.95. The monoisotopic (exact) mass is 648 g/mol. The number of benzene rings is 5. The van der Waals surface area contributed by atoms with Crippen LogP contribution in [0.25, 0.3) is 20.8 Å². The second-order valence-corrected chi connectivity index (χ2v) is 14.8. The molecule has 0 radical (unpaired) electrons. The second kappa shape index (κ2) is 11.9. The van der Waals surface area contributed by atoms with Crippen molar-refractivity contribution < 1.29 is 4.57 Å². The highest BCUT2D eigenvalue weighted by molar-refractivity contribution is 7.21. The SMILES string of the molecule is CCCCc1cccc(N2c3ccccc3N(c3ccc4c(c3)-c3sc5ccccc5[n+]3C(CC)(CC)C4(C)CC)c3ccccc32)c1. The van der Waals surface area contributed by atoms with Gasteiger partial charge in [0.2, 0.25) is 5.52 Å². The Bertz CT molecular complexity index is 2090. The summed E-state index contributed by atoms with van der Waals surface area (Å²) in [6, 6.07) is 43.4. The Balaban J connectivity index is 1.34. The summed E-state index contributed by atoms with van der Waals surface area (Å²) in [5, 5.41) is 1.38. The first kappa shape index (κ1) is 30.9. The van der Waals surface area contributed by atoms with Crippen LogP contribution in [0, 0.1) is 0 Å². The fraction of sp³-hybridized carbons (Fsp3) is 0.295. The van der Waals surface area contributed by atoms with Gasteiger partial charge in [-0.25, -0.2) is 0 Å². The smallest absolute Gasteiger partial charge is 0.270 e. The van der Waals surface area contributed by atoms with Gasteiger partial charge < -0.3 is 9.80 Å². The van der Waals surface area contributed by atoms with Crippen molar-refractivity contribution in [1.29, 1.82) is 0 Å². The van der Waals surface area contributed by atoms with Gasteiger partial charge in [-0.2, -0.15) is 4.57 Å². The minimum Gasteiger partial charge on any atom is -0.306 e. The molecule has 1 unspecified atom stereocenters. The number of hydrogen-bond acceptors (Lipinski definition) is 3. The molecule has 0 spiro atoms. The highest BCUT2D eigenvalue weighted by Crippen LogP contribution is 2.57.